The quantitative estimate of drug-likeness (QED) is 0.839. The molecule has 142 valence electrons. The summed E-state index contributed by atoms with van der Waals surface area (Å²) in [6, 6.07) is 7.49. The number of hydrogen-bond donors (Lipinski definition) is 1. The van der Waals surface area contributed by atoms with E-state index in [0.29, 0.717) is 29.1 Å². The fraction of sp³-hybridized carbons (Fsp3) is 0.444. The summed E-state index contributed by atoms with van der Waals surface area (Å²) in [6.45, 7) is 2.35. The Bertz CT molecular complexity index is 745. The van der Waals surface area contributed by atoms with Crippen molar-refractivity contribution in [3.05, 3.63) is 46.7 Å². The Labute approximate surface area is 164 Å². The minimum absolute atomic E-state index is 0. The Hall–Kier alpha value is -1.76. The fourth-order valence-corrected chi connectivity index (χ4v) is 3.30. The molecular formula is C18H24Cl2N4O2. The van der Waals surface area contributed by atoms with Gasteiger partial charge in [0.25, 0.3) is 5.91 Å². The third kappa shape index (κ3) is 4.69. The summed E-state index contributed by atoms with van der Waals surface area (Å²) in [5.41, 5.74) is 1.32. The van der Waals surface area contributed by atoms with Gasteiger partial charge < -0.3 is 15.0 Å². The molecule has 0 spiro atoms. The van der Waals surface area contributed by atoms with E-state index < -0.39 is 0 Å². The lowest BCUT2D eigenvalue weighted by molar-refractivity contribution is 0.0777. The summed E-state index contributed by atoms with van der Waals surface area (Å²) < 4.78 is 7.24. The summed E-state index contributed by atoms with van der Waals surface area (Å²) in [4.78, 5) is 14.3. The summed E-state index contributed by atoms with van der Waals surface area (Å²) in [6.07, 6.45) is 4.10. The second-order valence-corrected chi connectivity index (χ2v) is 6.73. The number of carbonyl (C=O) groups excluding carboxylic acids is 1. The van der Waals surface area contributed by atoms with E-state index in [2.05, 4.69) is 10.4 Å². The van der Waals surface area contributed by atoms with Gasteiger partial charge in [-0.2, -0.15) is 5.10 Å². The smallest absolute Gasteiger partial charge is 0.274 e. The van der Waals surface area contributed by atoms with Gasteiger partial charge in [-0.05, 0) is 43.7 Å². The summed E-state index contributed by atoms with van der Waals surface area (Å²) in [5.74, 6) is 0.590. The first-order valence-electron chi connectivity index (χ1n) is 8.42. The molecule has 0 saturated carbocycles. The van der Waals surface area contributed by atoms with Gasteiger partial charge in [0.05, 0.1) is 13.2 Å². The van der Waals surface area contributed by atoms with Crippen LogP contribution in [0.5, 0.6) is 5.75 Å². The molecule has 1 fully saturated rings. The molecule has 8 heteroatoms. The number of aromatic nitrogens is 2. The second-order valence-electron chi connectivity index (χ2n) is 6.30. The fourth-order valence-electron chi connectivity index (χ4n) is 3.11. The maximum Gasteiger partial charge on any atom is 0.274 e. The van der Waals surface area contributed by atoms with Gasteiger partial charge in [0.2, 0.25) is 0 Å². The van der Waals surface area contributed by atoms with Crippen molar-refractivity contribution in [2.24, 2.45) is 0 Å². The molecule has 1 unspecified atom stereocenters. The first-order chi connectivity index (χ1) is 12.1. The zero-order valence-electron chi connectivity index (χ0n) is 14.9. The molecule has 3 rings (SSSR count). The Balaban J connectivity index is 0.00000243. The number of ether oxygens (including phenoxy) is 1. The van der Waals surface area contributed by atoms with E-state index in [1.807, 2.05) is 16.9 Å². The lowest BCUT2D eigenvalue weighted by Gasteiger charge is -2.23. The van der Waals surface area contributed by atoms with Crippen LogP contribution in [-0.2, 0) is 6.54 Å². The van der Waals surface area contributed by atoms with Gasteiger partial charge >= 0.3 is 0 Å². The van der Waals surface area contributed by atoms with E-state index in [4.69, 9.17) is 16.3 Å². The summed E-state index contributed by atoms with van der Waals surface area (Å²) in [7, 11) is 3.36. The molecule has 1 N–H and O–H groups in total. The lowest BCUT2D eigenvalue weighted by atomic mass is 10.1. The van der Waals surface area contributed by atoms with E-state index >= 15 is 0 Å². The lowest BCUT2D eigenvalue weighted by Crippen LogP contribution is -2.32. The van der Waals surface area contributed by atoms with Crippen LogP contribution in [0.4, 0.5) is 0 Å². The summed E-state index contributed by atoms with van der Waals surface area (Å²) >= 11 is 6.06. The SMILES string of the molecule is COc1ccc(Cl)cc1CN(C)C(=O)c1ccn(C2CCCNC2)n1.Cl. The number of methoxy groups -OCH3 is 1. The van der Waals surface area contributed by atoms with Gasteiger partial charge in [-0.1, -0.05) is 11.6 Å². The van der Waals surface area contributed by atoms with Crippen molar-refractivity contribution < 1.29 is 9.53 Å². The Morgan fingerprint density at radius 2 is 2.27 bits per heavy atom. The standard InChI is InChI=1S/C18H23ClN4O2.ClH/c1-22(12-13-10-14(19)5-6-17(13)25-2)18(24)16-7-9-23(21-16)15-4-3-8-20-11-15;/h5-7,9-10,15,20H,3-4,8,11-12H2,1-2H3;1H. The molecule has 26 heavy (non-hydrogen) atoms. The first kappa shape index (κ1) is 20.6. The first-order valence-corrected chi connectivity index (χ1v) is 8.80. The Morgan fingerprint density at radius 1 is 1.46 bits per heavy atom. The average molecular weight is 399 g/mol. The van der Waals surface area contributed by atoms with Crippen molar-refractivity contribution in [2.45, 2.75) is 25.4 Å². The third-order valence-electron chi connectivity index (χ3n) is 4.47. The van der Waals surface area contributed by atoms with Gasteiger partial charge in [-0.25, -0.2) is 0 Å². The zero-order chi connectivity index (χ0) is 17.8. The van der Waals surface area contributed by atoms with Crippen molar-refractivity contribution in [3.8, 4) is 5.75 Å². The van der Waals surface area contributed by atoms with Crippen LogP contribution in [0.3, 0.4) is 0 Å². The molecule has 1 amide bonds. The van der Waals surface area contributed by atoms with Gasteiger partial charge in [0, 0.05) is 36.9 Å². The van der Waals surface area contributed by atoms with Crippen LogP contribution in [0, 0.1) is 0 Å². The number of hydrogen-bond acceptors (Lipinski definition) is 4. The normalized spacial score (nSPS) is 16.7. The van der Waals surface area contributed by atoms with Crippen LogP contribution in [-0.4, -0.2) is 47.8 Å². The molecule has 0 radical (unpaired) electrons. The largest absolute Gasteiger partial charge is 0.496 e. The topological polar surface area (TPSA) is 59.4 Å². The molecule has 1 aromatic heterocycles. The van der Waals surface area contributed by atoms with Gasteiger partial charge in [0.15, 0.2) is 0 Å². The molecule has 0 aliphatic carbocycles. The number of piperidine rings is 1. The molecular weight excluding hydrogens is 375 g/mol. The predicted molar refractivity (Wildman–Crippen MR) is 104 cm³/mol. The van der Waals surface area contributed by atoms with Gasteiger partial charge in [0.1, 0.15) is 11.4 Å². The van der Waals surface area contributed by atoms with Crippen molar-refractivity contribution in [2.75, 3.05) is 27.2 Å². The third-order valence-corrected chi connectivity index (χ3v) is 4.70. The minimum Gasteiger partial charge on any atom is -0.496 e. The van der Waals surface area contributed by atoms with Crippen molar-refractivity contribution >= 4 is 29.9 Å². The van der Waals surface area contributed by atoms with E-state index in [1.54, 1.807) is 37.3 Å². The Kier molecular flexibility index (Phi) is 7.32. The molecule has 1 saturated heterocycles. The maximum atomic E-state index is 12.7. The number of rotatable bonds is 5. The number of halogens is 2. The highest BCUT2D eigenvalue weighted by atomic mass is 35.5. The van der Waals surface area contributed by atoms with Crippen LogP contribution in [0.1, 0.15) is 34.9 Å². The number of nitrogens with one attached hydrogen (secondary N) is 1. The highest BCUT2D eigenvalue weighted by molar-refractivity contribution is 6.30. The molecule has 1 aliphatic rings. The average Bonchev–Trinajstić information content (AvgIpc) is 3.12. The Morgan fingerprint density at radius 3 is 2.96 bits per heavy atom. The number of carbonyl (C=O) groups is 1. The molecule has 1 atom stereocenters. The molecule has 0 bridgehead atoms. The van der Waals surface area contributed by atoms with Crippen molar-refractivity contribution in [3.63, 3.8) is 0 Å². The van der Waals surface area contributed by atoms with Crippen LogP contribution in [0.15, 0.2) is 30.5 Å². The van der Waals surface area contributed by atoms with Crippen LogP contribution in [0.25, 0.3) is 0 Å². The van der Waals surface area contributed by atoms with Crippen molar-refractivity contribution in [1.82, 2.24) is 20.0 Å². The highest BCUT2D eigenvalue weighted by Crippen LogP contribution is 2.24. The minimum atomic E-state index is -0.121. The molecule has 6 nitrogen and oxygen atoms in total. The number of amides is 1. The predicted octanol–water partition coefficient (Wildman–Crippen LogP) is 3.16. The molecule has 2 aromatic rings. The molecule has 2 heterocycles. The monoisotopic (exact) mass is 398 g/mol. The zero-order valence-corrected chi connectivity index (χ0v) is 16.5. The van der Waals surface area contributed by atoms with Crippen LogP contribution < -0.4 is 10.1 Å². The van der Waals surface area contributed by atoms with E-state index in [0.717, 1.165) is 31.5 Å². The van der Waals surface area contributed by atoms with Crippen molar-refractivity contribution in [1.29, 1.82) is 0 Å². The number of benzene rings is 1. The molecule has 1 aliphatic heterocycles. The second kappa shape index (κ2) is 9.26. The van der Waals surface area contributed by atoms with E-state index in [9.17, 15) is 4.79 Å². The van der Waals surface area contributed by atoms with E-state index in [1.165, 1.54) is 0 Å². The van der Waals surface area contributed by atoms with Crippen LogP contribution >= 0.6 is 24.0 Å². The highest BCUT2D eigenvalue weighted by Gasteiger charge is 2.20. The van der Waals surface area contributed by atoms with Gasteiger partial charge in [-0.15, -0.1) is 12.4 Å². The van der Waals surface area contributed by atoms with Gasteiger partial charge in [-0.3, -0.25) is 9.48 Å². The maximum absolute atomic E-state index is 12.7. The summed E-state index contributed by atoms with van der Waals surface area (Å²) in [5, 5.41) is 8.46. The molecule has 1 aromatic carbocycles. The van der Waals surface area contributed by atoms with E-state index in [-0.39, 0.29) is 18.3 Å². The number of nitrogens with zero attached hydrogens (tertiary/aromatic N) is 3. The van der Waals surface area contributed by atoms with Crippen LogP contribution in [0.2, 0.25) is 5.02 Å².